The van der Waals surface area contributed by atoms with Gasteiger partial charge in [0.1, 0.15) is 10.0 Å². The van der Waals surface area contributed by atoms with E-state index < -0.39 is 10.0 Å². The largest absolute Gasteiger partial charge is 0.243 e. The van der Waals surface area contributed by atoms with Crippen molar-refractivity contribution in [3.8, 4) is 0 Å². The number of sulfonamides is 1. The standard InChI is InChI=1S/C12H14BrClN2O2S/c13-9-5-10(11(14)15-6-9)19(17,18)16-7-12(3-4-12)8-1-2-8/h5-6,8,16H,1-4,7H2. The first-order chi connectivity index (χ1) is 8.93. The molecule has 3 rings (SSSR count). The number of rotatable bonds is 5. The van der Waals surface area contributed by atoms with Crippen LogP contribution in [0.5, 0.6) is 0 Å². The Hall–Kier alpha value is -0.170. The van der Waals surface area contributed by atoms with E-state index in [-0.39, 0.29) is 15.5 Å². The minimum Gasteiger partial charge on any atom is -0.242 e. The molecule has 0 bridgehead atoms. The third kappa shape index (κ3) is 2.82. The zero-order valence-corrected chi connectivity index (χ0v) is 13.4. The molecule has 0 atom stereocenters. The number of hydrogen-bond donors (Lipinski definition) is 1. The molecular weight excluding hydrogens is 352 g/mol. The van der Waals surface area contributed by atoms with Crippen molar-refractivity contribution in [2.75, 3.05) is 6.54 Å². The summed E-state index contributed by atoms with van der Waals surface area (Å²) in [4.78, 5) is 3.89. The van der Waals surface area contributed by atoms with E-state index in [1.165, 1.54) is 25.1 Å². The Bertz CT molecular complexity index is 612. The first-order valence-electron chi connectivity index (χ1n) is 6.24. The molecule has 0 aromatic carbocycles. The van der Waals surface area contributed by atoms with Gasteiger partial charge in [-0.15, -0.1) is 0 Å². The molecule has 0 spiro atoms. The predicted octanol–water partition coefficient (Wildman–Crippen LogP) is 2.97. The lowest BCUT2D eigenvalue weighted by Gasteiger charge is -2.15. The van der Waals surface area contributed by atoms with Gasteiger partial charge in [0.2, 0.25) is 10.0 Å². The molecule has 1 aromatic rings. The highest BCUT2D eigenvalue weighted by molar-refractivity contribution is 9.10. The highest BCUT2D eigenvalue weighted by Crippen LogP contribution is 2.60. The summed E-state index contributed by atoms with van der Waals surface area (Å²) in [6, 6.07) is 1.48. The van der Waals surface area contributed by atoms with Crippen molar-refractivity contribution in [2.45, 2.75) is 30.6 Å². The molecule has 19 heavy (non-hydrogen) atoms. The van der Waals surface area contributed by atoms with Gasteiger partial charge in [0, 0.05) is 17.2 Å². The van der Waals surface area contributed by atoms with E-state index in [9.17, 15) is 8.42 Å². The van der Waals surface area contributed by atoms with Crippen LogP contribution in [0.25, 0.3) is 0 Å². The summed E-state index contributed by atoms with van der Waals surface area (Å²) >= 11 is 9.08. The van der Waals surface area contributed by atoms with Crippen molar-refractivity contribution in [2.24, 2.45) is 11.3 Å². The highest BCUT2D eigenvalue weighted by atomic mass is 79.9. The Balaban J connectivity index is 1.77. The predicted molar refractivity (Wildman–Crippen MR) is 76.5 cm³/mol. The summed E-state index contributed by atoms with van der Waals surface area (Å²) < 4.78 is 27.8. The molecule has 1 N–H and O–H groups in total. The number of hydrogen-bond acceptors (Lipinski definition) is 3. The van der Waals surface area contributed by atoms with Gasteiger partial charge < -0.3 is 0 Å². The Labute approximate surface area is 126 Å². The molecule has 4 nitrogen and oxygen atoms in total. The summed E-state index contributed by atoms with van der Waals surface area (Å²) in [6.07, 6.45) is 6.21. The smallest absolute Gasteiger partial charge is 0.242 e. The number of nitrogens with zero attached hydrogens (tertiary/aromatic N) is 1. The summed E-state index contributed by atoms with van der Waals surface area (Å²) in [7, 11) is -3.59. The topological polar surface area (TPSA) is 59.1 Å². The van der Waals surface area contributed by atoms with Gasteiger partial charge in [-0.2, -0.15) is 0 Å². The van der Waals surface area contributed by atoms with E-state index in [1.807, 2.05) is 0 Å². The summed E-state index contributed by atoms with van der Waals surface area (Å²) in [5, 5.41) is 0.00645. The first-order valence-corrected chi connectivity index (χ1v) is 8.89. The molecule has 2 saturated carbocycles. The fourth-order valence-corrected chi connectivity index (χ4v) is 4.58. The van der Waals surface area contributed by atoms with Crippen molar-refractivity contribution in [3.05, 3.63) is 21.9 Å². The normalized spacial score (nSPS) is 21.4. The lowest BCUT2D eigenvalue weighted by atomic mass is 10.0. The van der Waals surface area contributed by atoms with Crippen LogP contribution in [0.15, 0.2) is 21.6 Å². The quantitative estimate of drug-likeness (QED) is 0.816. The van der Waals surface area contributed by atoms with E-state index in [4.69, 9.17) is 11.6 Å². The van der Waals surface area contributed by atoms with Crippen molar-refractivity contribution >= 4 is 37.6 Å². The fraction of sp³-hybridized carbons (Fsp3) is 0.583. The molecule has 2 fully saturated rings. The van der Waals surface area contributed by atoms with Crippen molar-refractivity contribution in [1.82, 2.24) is 9.71 Å². The van der Waals surface area contributed by atoms with Gasteiger partial charge in [-0.05, 0) is 59.0 Å². The van der Waals surface area contributed by atoms with Gasteiger partial charge in [-0.25, -0.2) is 18.1 Å². The zero-order chi connectivity index (χ0) is 13.7. The molecule has 0 aliphatic heterocycles. The molecule has 104 valence electrons. The van der Waals surface area contributed by atoms with Gasteiger partial charge in [0.05, 0.1) is 0 Å². The van der Waals surface area contributed by atoms with Crippen LogP contribution in [0.1, 0.15) is 25.7 Å². The van der Waals surface area contributed by atoms with Gasteiger partial charge in [-0.1, -0.05) is 11.6 Å². The fourth-order valence-electron chi connectivity index (χ4n) is 2.49. The van der Waals surface area contributed by atoms with E-state index in [0.717, 1.165) is 12.8 Å². The maximum Gasteiger partial charge on any atom is 0.243 e. The minimum absolute atomic E-state index is 0.00645. The average Bonchev–Trinajstić information content (AvgIpc) is 3.22. The lowest BCUT2D eigenvalue weighted by Crippen LogP contribution is -2.31. The Morgan fingerprint density at radius 1 is 1.47 bits per heavy atom. The van der Waals surface area contributed by atoms with E-state index in [2.05, 4.69) is 25.6 Å². The second kappa shape index (κ2) is 4.69. The number of nitrogens with one attached hydrogen (secondary N) is 1. The molecule has 2 aliphatic rings. The summed E-state index contributed by atoms with van der Waals surface area (Å²) in [5.41, 5.74) is 0.221. The van der Waals surface area contributed by atoms with Gasteiger partial charge in [-0.3, -0.25) is 0 Å². The molecule has 0 amide bonds. The maximum absolute atomic E-state index is 12.3. The Kier molecular flexibility index (Phi) is 3.40. The zero-order valence-electron chi connectivity index (χ0n) is 10.2. The molecule has 7 heteroatoms. The van der Waals surface area contributed by atoms with Gasteiger partial charge in [0.25, 0.3) is 0 Å². The molecule has 0 unspecified atom stereocenters. The lowest BCUT2D eigenvalue weighted by molar-refractivity contribution is 0.432. The van der Waals surface area contributed by atoms with Crippen molar-refractivity contribution in [3.63, 3.8) is 0 Å². The molecule has 2 aliphatic carbocycles. The van der Waals surface area contributed by atoms with Gasteiger partial charge >= 0.3 is 0 Å². The molecule has 1 heterocycles. The molecule has 0 radical (unpaired) electrons. The summed E-state index contributed by atoms with van der Waals surface area (Å²) in [5.74, 6) is 0.714. The Morgan fingerprint density at radius 3 is 2.74 bits per heavy atom. The van der Waals surface area contributed by atoms with Crippen molar-refractivity contribution < 1.29 is 8.42 Å². The third-order valence-corrected chi connectivity index (χ3v) is 6.27. The third-order valence-electron chi connectivity index (χ3n) is 4.01. The number of pyridine rings is 1. The van der Waals surface area contributed by atoms with Crippen LogP contribution < -0.4 is 4.72 Å². The monoisotopic (exact) mass is 364 g/mol. The van der Waals surface area contributed by atoms with Crippen LogP contribution in [0.3, 0.4) is 0 Å². The highest BCUT2D eigenvalue weighted by Gasteiger charge is 2.53. The second-order valence-electron chi connectivity index (χ2n) is 5.40. The number of halogens is 2. The van der Waals surface area contributed by atoms with E-state index in [1.54, 1.807) is 0 Å². The minimum atomic E-state index is -3.59. The van der Waals surface area contributed by atoms with E-state index in [0.29, 0.717) is 16.9 Å². The van der Waals surface area contributed by atoms with Gasteiger partial charge in [0.15, 0.2) is 0 Å². The van der Waals surface area contributed by atoms with Crippen molar-refractivity contribution in [1.29, 1.82) is 0 Å². The van der Waals surface area contributed by atoms with Crippen LogP contribution in [-0.2, 0) is 10.0 Å². The summed E-state index contributed by atoms with van der Waals surface area (Å²) in [6.45, 7) is 0.517. The SMILES string of the molecule is O=S(=O)(NCC1(C2CC2)CC1)c1cc(Br)cnc1Cl. The van der Waals surface area contributed by atoms with Crippen LogP contribution in [0.2, 0.25) is 5.15 Å². The second-order valence-corrected chi connectivity index (χ2v) is 8.41. The van der Waals surface area contributed by atoms with Crippen LogP contribution in [0.4, 0.5) is 0 Å². The molecule has 0 saturated heterocycles. The molecule has 1 aromatic heterocycles. The van der Waals surface area contributed by atoms with Crippen LogP contribution in [-0.4, -0.2) is 19.9 Å². The maximum atomic E-state index is 12.3. The van der Waals surface area contributed by atoms with Crippen LogP contribution >= 0.6 is 27.5 Å². The van der Waals surface area contributed by atoms with E-state index >= 15 is 0 Å². The molecular formula is C12H14BrClN2O2S. The first kappa shape index (κ1) is 13.8. The Morgan fingerprint density at radius 2 is 2.16 bits per heavy atom. The number of aromatic nitrogens is 1. The van der Waals surface area contributed by atoms with Crippen LogP contribution in [0, 0.1) is 11.3 Å². The average molecular weight is 366 g/mol.